The Kier molecular flexibility index (Phi) is 6.80. The Balaban J connectivity index is 1.79. The van der Waals surface area contributed by atoms with Gasteiger partial charge in [-0.3, -0.25) is 9.59 Å². The number of rotatable bonds is 6. The molecule has 0 saturated carbocycles. The monoisotopic (exact) mass is 348 g/mol. The fraction of sp³-hybridized carbons (Fsp3) is 0.500. The Morgan fingerprint density at radius 1 is 1.20 bits per heavy atom. The number of carbonyl (C=O) groups is 3. The summed E-state index contributed by atoms with van der Waals surface area (Å²) in [6, 6.07) is 9.45. The maximum absolute atomic E-state index is 12.4. The molecule has 7 nitrogen and oxygen atoms in total. The Morgan fingerprint density at radius 2 is 1.84 bits per heavy atom. The van der Waals surface area contributed by atoms with E-state index in [-0.39, 0.29) is 31.1 Å². The Hall–Kier alpha value is -2.57. The summed E-state index contributed by atoms with van der Waals surface area (Å²) in [7, 11) is 0. The lowest BCUT2D eigenvalue weighted by atomic mass is 9.95. The van der Waals surface area contributed by atoms with Crippen LogP contribution in [0.25, 0.3) is 0 Å². The summed E-state index contributed by atoms with van der Waals surface area (Å²) in [5, 5.41) is 8.87. The minimum absolute atomic E-state index is 0.151. The van der Waals surface area contributed by atoms with Gasteiger partial charge in [-0.2, -0.15) is 0 Å². The molecule has 0 radical (unpaired) electrons. The average Bonchev–Trinajstić information content (AvgIpc) is 2.64. The first-order valence-electron chi connectivity index (χ1n) is 8.47. The summed E-state index contributed by atoms with van der Waals surface area (Å²) in [6.45, 7) is 2.94. The zero-order valence-electron chi connectivity index (χ0n) is 14.4. The molecule has 1 heterocycles. The second-order valence-electron chi connectivity index (χ2n) is 6.05. The van der Waals surface area contributed by atoms with Crippen molar-refractivity contribution >= 4 is 18.0 Å². The smallest absolute Gasteiger partial charge is 0.410 e. The molecule has 136 valence electrons. The van der Waals surface area contributed by atoms with E-state index in [1.807, 2.05) is 30.3 Å². The molecule has 1 aromatic rings. The number of carboxylic acids is 1. The highest BCUT2D eigenvalue weighted by Crippen LogP contribution is 2.20. The molecule has 7 heteroatoms. The van der Waals surface area contributed by atoms with E-state index in [2.05, 4.69) is 0 Å². The van der Waals surface area contributed by atoms with E-state index in [9.17, 15) is 14.4 Å². The topological polar surface area (TPSA) is 87.2 Å². The largest absolute Gasteiger partial charge is 0.480 e. The van der Waals surface area contributed by atoms with E-state index in [0.717, 1.165) is 5.56 Å². The quantitative estimate of drug-likeness (QED) is 0.849. The molecule has 1 fully saturated rings. The SMILES string of the molecule is CCN(CC(=O)O)C(=O)C1CCN(C(=O)OCc2ccccc2)CC1. The molecular weight excluding hydrogens is 324 g/mol. The van der Waals surface area contributed by atoms with Gasteiger partial charge in [0.15, 0.2) is 0 Å². The van der Waals surface area contributed by atoms with Gasteiger partial charge in [-0.1, -0.05) is 30.3 Å². The van der Waals surface area contributed by atoms with Crippen molar-refractivity contribution in [2.75, 3.05) is 26.2 Å². The average molecular weight is 348 g/mol. The number of piperidine rings is 1. The number of nitrogens with zero attached hydrogens (tertiary/aromatic N) is 2. The van der Waals surface area contributed by atoms with Crippen LogP contribution in [0.2, 0.25) is 0 Å². The number of ether oxygens (including phenoxy) is 1. The van der Waals surface area contributed by atoms with Crippen molar-refractivity contribution in [1.29, 1.82) is 0 Å². The van der Waals surface area contributed by atoms with E-state index in [0.29, 0.717) is 32.5 Å². The van der Waals surface area contributed by atoms with E-state index >= 15 is 0 Å². The van der Waals surface area contributed by atoms with Crippen molar-refractivity contribution in [3.05, 3.63) is 35.9 Å². The second-order valence-corrected chi connectivity index (χ2v) is 6.05. The standard InChI is InChI=1S/C18H24N2O5/c1-2-19(12-16(21)22)17(23)15-8-10-20(11-9-15)18(24)25-13-14-6-4-3-5-7-14/h3-7,15H,2,8-13H2,1H3,(H,21,22). The molecule has 0 aliphatic carbocycles. The Labute approximate surface area is 147 Å². The first kappa shape index (κ1) is 18.8. The first-order chi connectivity index (χ1) is 12.0. The maximum Gasteiger partial charge on any atom is 0.410 e. The highest BCUT2D eigenvalue weighted by atomic mass is 16.6. The van der Waals surface area contributed by atoms with E-state index in [1.165, 1.54) is 4.90 Å². The Morgan fingerprint density at radius 3 is 2.40 bits per heavy atom. The van der Waals surface area contributed by atoms with Crippen molar-refractivity contribution in [3.63, 3.8) is 0 Å². The first-order valence-corrected chi connectivity index (χ1v) is 8.47. The molecule has 0 unspecified atom stereocenters. The van der Waals surface area contributed by atoms with Crippen molar-refractivity contribution in [3.8, 4) is 0 Å². The number of likely N-dealkylation sites (tertiary alicyclic amines) is 1. The number of aliphatic carboxylic acids is 1. The van der Waals surface area contributed by atoms with Crippen LogP contribution >= 0.6 is 0 Å². The van der Waals surface area contributed by atoms with Crippen LogP contribution in [0, 0.1) is 5.92 Å². The van der Waals surface area contributed by atoms with Crippen molar-refractivity contribution in [1.82, 2.24) is 9.80 Å². The highest BCUT2D eigenvalue weighted by Gasteiger charge is 2.30. The number of hydrogen-bond acceptors (Lipinski definition) is 4. The van der Waals surface area contributed by atoms with Gasteiger partial charge in [0, 0.05) is 25.6 Å². The predicted molar refractivity (Wildman–Crippen MR) is 90.8 cm³/mol. The molecule has 2 rings (SSSR count). The summed E-state index contributed by atoms with van der Waals surface area (Å²) in [5.74, 6) is -1.41. The lowest BCUT2D eigenvalue weighted by Gasteiger charge is -2.33. The van der Waals surface area contributed by atoms with Crippen LogP contribution in [-0.4, -0.2) is 59.1 Å². The molecule has 0 spiro atoms. The van der Waals surface area contributed by atoms with Crippen LogP contribution in [0.15, 0.2) is 30.3 Å². The second kappa shape index (κ2) is 9.05. The fourth-order valence-corrected chi connectivity index (χ4v) is 2.89. The molecule has 1 aliphatic rings. The van der Waals surface area contributed by atoms with Gasteiger partial charge in [0.25, 0.3) is 0 Å². The molecule has 1 saturated heterocycles. The third kappa shape index (κ3) is 5.48. The van der Waals surface area contributed by atoms with Crippen LogP contribution in [0.4, 0.5) is 4.79 Å². The lowest BCUT2D eigenvalue weighted by Crippen LogP contribution is -2.45. The maximum atomic E-state index is 12.4. The zero-order chi connectivity index (χ0) is 18.2. The number of carbonyl (C=O) groups excluding carboxylic acids is 2. The molecular formula is C18H24N2O5. The van der Waals surface area contributed by atoms with Crippen LogP contribution < -0.4 is 0 Å². The van der Waals surface area contributed by atoms with Gasteiger partial charge in [0.1, 0.15) is 13.2 Å². The van der Waals surface area contributed by atoms with Crippen LogP contribution in [0.5, 0.6) is 0 Å². The van der Waals surface area contributed by atoms with E-state index in [1.54, 1.807) is 11.8 Å². The van der Waals surface area contributed by atoms with Gasteiger partial charge < -0.3 is 19.6 Å². The minimum atomic E-state index is -1.02. The molecule has 0 bridgehead atoms. The summed E-state index contributed by atoms with van der Waals surface area (Å²) in [5.41, 5.74) is 0.924. The normalized spacial score (nSPS) is 14.8. The summed E-state index contributed by atoms with van der Waals surface area (Å²) in [4.78, 5) is 38.3. The molecule has 25 heavy (non-hydrogen) atoms. The zero-order valence-corrected chi connectivity index (χ0v) is 14.4. The molecule has 1 aliphatic heterocycles. The number of carboxylic acid groups (broad SMARTS) is 1. The minimum Gasteiger partial charge on any atom is -0.480 e. The third-order valence-corrected chi connectivity index (χ3v) is 4.33. The molecule has 2 amide bonds. The van der Waals surface area contributed by atoms with Crippen LogP contribution in [0.1, 0.15) is 25.3 Å². The number of hydrogen-bond donors (Lipinski definition) is 1. The lowest BCUT2D eigenvalue weighted by molar-refractivity contribution is -0.146. The number of benzene rings is 1. The summed E-state index contributed by atoms with van der Waals surface area (Å²) < 4.78 is 5.30. The highest BCUT2D eigenvalue weighted by molar-refractivity contribution is 5.83. The van der Waals surface area contributed by atoms with Crippen molar-refractivity contribution in [2.45, 2.75) is 26.4 Å². The van der Waals surface area contributed by atoms with Gasteiger partial charge in [-0.05, 0) is 25.3 Å². The van der Waals surface area contributed by atoms with Crippen molar-refractivity contribution in [2.24, 2.45) is 5.92 Å². The molecule has 0 atom stereocenters. The van der Waals surface area contributed by atoms with Gasteiger partial charge >= 0.3 is 12.1 Å². The van der Waals surface area contributed by atoms with E-state index in [4.69, 9.17) is 9.84 Å². The molecule has 1 aromatic carbocycles. The van der Waals surface area contributed by atoms with Crippen molar-refractivity contribution < 1.29 is 24.2 Å². The van der Waals surface area contributed by atoms with Gasteiger partial charge in [-0.15, -0.1) is 0 Å². The summed E-state index contributed by atoms with van der Waals surface area (Å²) >= 11 is 0. The predicted octanol–water partition coefficient (Wildman–Crippen LogP) is 1.97. The number of likely N-dealkylation sites (N-methyl/N-ethyl adjacent to an activating group) is 1. The summed E-state index contributed by atoms with van der Waals surface area (Å²) in [6.07, 6.45) is 0.665. The van der Waals surface area contributed by atoms with Gasteiger partial charge in [0.2, 0.25) is 5.91 Å². The van der Waals surface area contributed by atoms with Crippen LogP contribution in [-0.2, 0) is 20.9 Å². The van der Waals surface area contributed by atoms with Gasteiger partial charge in [0.05, 0.1) is 0 Å². The number of amides is 2. The van der Waals surface area contributed by atoms with Crippen LogP contribution in [0.3, 0.4) is 0 Å². The van der Waals surface area contributed by atoms with Gasteiger partial charge in [-0.25, -0.2) is 4.79 Å². The molecule has 0 aromatic heterocycles. The fourth-order valence-electron chi connectivity index (χ4n) is 2.89. The third-order valence-electron chi connectivity index (χ3n) is 4.33. The van der Waals surface area contributed by atoms with E-state index < -0.39 is 5.97 Å². The Bertz CT molecular complexity index is 597. The molecule has 1 N–H and O–H groups in total.